The predicted octanol–water partition coefficient (Wildman–Crippen LogP) is 3.86. The van der Waals surface area contributed by atoms with E-state index in [1.165, 1.54) is 12.1 Å². The molecule has 0 bridgehead atoms. The lowest BCUT2D eigenvalue weighted by atomic mass is 10.1. The SMILES string of the molecule is Cc1ccc(NS(=O)(=O)c2cccc(C(=O)NCCCc3ccc(O)cc3)c2)cc1. The first-order valence-corrected chi connectivity index (χ1v) is 11.1. The average Bonchev–Trinajstić information content (AvgIpc) is 2.74. The van der Waals surface area contributed by atoms with Gasteiger partial charge in [-0.3, -0.25) is 9.52 Å². The molecular formula is C23H24N2O4S. The zero-order chi connectivity index (χ0) is 21.6. The highest BCUT2D eigenvalue weighted by molar-refractivity contribution is 7.92. The molecule has 0 unspecified atom stereocenters. The van der Waals surface area contributed by atoms with Crippen LogP contribution in [0.1, 0.15) is 27.9 Å². The van der Waals surface area contributed by atoms with Gasteiger partial charge in [0.25, 0.3) is 15.9 Å². The first-order chi connectivity index (χ1) is 14.3. The Morgan fingerprint density at radius 2 is 1.67 bits per heavy atom. The second-order valence-corrected chi connectivity index (χ2v) is 8.71. The van der Waals surface area contributed by atoms with Crippen molar-refractivity contribution in [2.45, 2.75) is 24.7 Å². The third-order valence-corrected chi connectivity index (χ3v) is 5.95. The second-order valence-electron chi connectivity index (χ2n) is 7.03. The summed E-state index contributed by atoms with van der Waals surface area (Å²) >= 11 is 0. The van der Waals surface area contributed by atoms with Crippen molar-refractivity contribution in [1.29, 1.82) is 0 Å². The Bertz CT molecular complexity index is 1110. The molecule has 0 saturated heterocycles. The summed E-state index contributed by atoms with van der Waals surface area (Å²) in [6.07, 6.45) is 1.49. The van der Waals surface area contributed by atoms with E-state index in [-0.39, 0.29) is 22.1 Å². The first-order valence-electron chi connectivity index (χ1n) is 9.59. The predicted molar refractivity (Wildman–Crippen MR) is 117 cm³/mol. The molecule has 3 rings (SSSR count). The van der Waals surface area contributed by atoms with Gasteiger partial charge >= 0.3 is 0 Å². The molecule has 3 N–H and O–H groups in total. The van der Waals surface area contributed by atoms with Crippen LogP contribution in [0, 0.1) is 6.92 Å². The molecule has 6 nitrogen and oxygen atoms in total. The number of phenolic OH excluding ortho intramolecular Hbond substituents is 1. The summed E-state index contributed by atoms with van der Waals surface area (Å²) in [7, 11) is -3.80. The van der Waals surface area contributed by atoms with Gasteiger partial charge in [0.05, 0.1) is 4.90 Å². The van der Waals surface area contributed by atoms with E-state index in [9.17, 15) is 18.3 Å². The molecule has 1 amide bonds. The number of sulfonamides is 1. The van der Waals surface area contributed by atoms with Gasteiger partial charge in [-0.25, -0.2) is 8.42 Å². The minimum absolute atomic E-state index is 0.0276. The maximum atomic E-state index is 12.6. The lowest BCUT2D eigenvalue weighted by molar-refractivity contribution is 0.0953. The molecule has 0 fully saturated rings. The summed E-state index contributed by atoms with van der Waals surface area (Å²) in [6.45, 7) is 2.38. The molecule has 7 heteroatoms. The normalized spacial score (nSPS) is 11.1. The zero-order valence-electron chi connectivity index (χ0n) is 16.6. The van der Waals surface area contributed by atoms with Gasteiger partial charge < -0.3 is 10.4 Å². The average molecular weight is 425 g/mol. The Balaban J connectivity index is 1.58. The Morgan fingerprint density at radius 3 is 2.37 bits per heavy atom. The van der Waals surface area contributed by atoms with Gasteiger partial charge in [-0.2, -0.15) is 0 Å². The molecule has 0 atom stereocenters. The summed E-state index contributed by atoms with van der Waals surface area (Å²) in [5.41, 5.74) is 2.84. The van der Waals surface area contributed by atoms with Crippen molar-refractivity contribution < 1.29 is 18.3 Å². The number of carbonyl (C=O) groups is 1. The third-order valence-electron chi connectivity index (χ3n) is 4.57. The number of nitrogens with one attached hydrogen (secondary N) is 2. The van der Waals surface area contributed by atoms with Crippen molar-refractivity contribution in [3.05, 3.63) is 89.5 Å². The molecular weight excluding hydrogens is 400 g/mol. The lowest BCUT2D eigenvalue weighted by Crippen LogP contribution is -2.25. The number of amides is 1. The van der Waals surface area contributed by atoms with Crippen LogP contribution in [0.3, 0.4) is 0 Å². The number of carbonyl (C=O) groups excluding carboxylic acids is 1. The van der Waals surface area contributed by atoms with Crippen LogP contribution in [0.5, 0.6) is 5.75 Å². The van der Waals surface area contributed by atoms with Gasteiger partial charge in [-0.1, -0.05) is 35.9 Å². The Hall–Kier alpha value is -3.32. The van der Waals surface area contributed by atoms with Gasteiger partial charge in [0.2, 0.25) is 0 Å². The second kappa shape index (κ2) is 9.45. The lowest BCUT2D eigenvalue weighted by Gasteiger charge is -2.10. The molecule has 156 valence electrons. The van der Waals surface area contributed by atoms with E-state index in [2.05, 4.69) is 10.0 Å². The number of aromatic hydroxyl groups is 1. The number of aryl methyl sites for hydroxylation is 2. The largest absolute Gasteiger partial charge is 0.508 e. The van der Waals surface area contributed by atoms with Crippen LogP contribution < -0.4 is 10.0 Å². The van der Waals surface area contributed by atoms with Gasteiger partial charge in [0.15, 0.2) is 0 Å². The molecule has 0 aliphatic heterocycles. The summed E-state index contributed by atoms with van der Waals surface area (Å²) in [5, 5.41) is 12.1. The molecule has 0 spiro atoms. The van der Waals surface area contributed by atoms with Crippen LogP contribution >= 0.6 is 0 Å². The quantitative estimate of drug-likeness (QED) is 0.479. The van der Waals surface area contributed by atoms with Crippen molar-refractivity contribution in [2.24, 2.45) is 0 Å². The molecule has 0 heterocycles. The van der Waals surface area contributed by atoms with Crippen LogP contribution in [0.4, 0.5) is 5.69 Å². The monoisotopic (exact) mass is 424 g/mol. The molecule has 0 saturated carbocycles. The van der Waals surface area contributed by atoms with Gasteiger partial charge in [0, 0.05) is 17.8 Å². The van der Waals surface area contributed by atoms with Crippen LogP contribution in [-0.4, -0.2) is 26.0 Å². The summed E-state index contributed by atoms with van der Waals surface area (Å²) in [6, 6.07) is 19.9. The molecule has 0 aliphatic rings. The smallest absolute Gasteiger partial charge is 0.261 e. The minimum Gasteiger partial charge on any atom is -0.508 e. The molecule has 0 radical (unpaired) electrons. The standard InChI is InChI=1S/C23H24N2O4S/c1-17-7-11-20(12-8-17)25-30(28,29)22-6-2-5-19(16-22)23(27)24-15-3-4-18-9-13-21(26)14-10-18/h2,5-14,16,25-26H,3-4,15H2,1H3,(H,24,27). The molecule has 3 aromatic rings. The van der Waals surface area contributed by atoms with Crippen LogP contribution in [0.25, 0.3) is 0 Å². The third kappa shape index (κ3) is 5.84. The van der Waals surface area contributed by atoms with E-state index in [0.29, 0.717) is 12.2 Å². The number of benzene rings is 3. The van der Waals surface area contributed by atoms with E-state index in [0.717, 1.165) is 24.0 Å². The van der Waals surface area contributed by atoms with Crippen LogP contribution in [-0.2, 0) is 16.4 Å². The molecule has 0 aliphatic carbocycles. The highest BCUT2D eigenvalue weighted by Gasteiger charge is 2.16. The summed E-state index contributed by atoms with van der Waals surface area (Å²) in [5.74, 6) is -0.105. The number of hydrogen-bond donors (Lipinski definition) is 3. The summed E-state index contributed by atoms with van der Waals surface area (Å²) in [4.78, 5) is 12.4. The van der Waals surface area contributed by atoms with Crippen molar-refractivity contribution in [3.63, 3.8) is 0 Å². The number of rotatable bonds is 8. The Kier molecular flexibility index (Phi) is 6.74. The van der Waals surface area contributed by atoms with Gasteiger partial charge in [0.1, 0.15) is 5.75 Å². The Labute approximate surface area is 176 Å². The molecule has 30 heavy (non-hydrogen) atoms. The Morgan fingerprint density at radius 1 is 0.967 bits per heavy atom. The van der Waals surface area contributed by atoms with E-state index in [1.807, 2.05) is 31.2 Å². The van der Waals surface area contributed by atoms with Crippen molar-refractivity contribution in [1.82, 2.24) is 5.32 Å². The van der Waals surface area contributed by atoms with Crippen molar-refractivity contribution in [2.75, 3.05) is 11.3 Å². The fraction of sp³-hybridized carbons (Fsp3) is 0.174. The number of hydrogen-bond acceptors (Lipinski definition) is 4. The number of anilines is 1. The van der Waals surface area contributed by atoms with E-state index >= 15 is 0 Å². The maximum absolute atomic E-state index is 12.6. The van der Waals surface area contributed by atoms with E-state index in [1.54, 1.807) is 36.4 Å². The zero-order valence-corrected chi connectivity index (χ0v) is 17.4. The van der Waals surface area contributed by atoms with Crippen LogP contribution in [0.15, 0.2) is 77.7 Å². The molecule has 0 aromatic heterocycles. The van der Waals surface area contributed by atoms with Crippen molar-refractivity contribution in [3.8, 4) is 5.75 Å². The van der Waals surface area contributed by atoms with E-state index < -0.39 is 10.0 Å². The molecule has 3 aromatic carbocycles. The highest BCUT2D eigenvalue weighted by atomic mass is 32.2. The highest BCUT2D eigenvalue weighted by Crippen LogP contribution is 2.18. The van der Waals surface area contributed by atoms with Gasteiger partial charge in [-0.15, -0.1) is 0 Å². The summed E-state index contributed by atoms with van der Waals surface area (Å²) < 4.78 is 27.8. The topological polar surface area (TPSA) is 95.5 Å². The first kappa shape index (κ1) is 21.4. The maximum Gasteiger partial charge on any atom is 0.261 e. The number of phenols is 1. The fourth-order valence-corrected chi connectivity index (χ4v) is 4.00. The van der Waals surface area contributed by atoms with Crippen molar-refractivity contribution >= 4 is 21.6 Å². The van der Waals surface area contributed by atoms with E-state index in [4.69, 9.17) is 0 Å². The minimum atomic E-state index is -3.80. The van der Waals surface area contributed by atoms with Gasteiger partial charge in [-0.05, 0) is 67.8 Å². The fourth-order valence-electron chi connectivity index (χ4n) is 2.90. The van der Waals surface area contributed by atoms with Crippen LogP contribution in [0.2, 0.25) is 0 Å².